The van der Waals surface area contributed by atoms with Gasteiger partial charge in [-0.1, -0.05) is 26.0 Å². The zero-order valence-corrected chi connectivity index (χ0v) is 7.06. The van der Waals surface area contributed by atoms with Crippen LogP contribution in [0.2, 0.25) is 0 Å². The Kier molecular flexibility index (Phi) is 5.22. The topological polar surface area (TPSA) is 3.24 Å². The van der Waals surface area contributed by atoms with Gasteiger partial charge in [0.2, 0.25) is 0 Å². The third-order valence-corrected chi connectivity index (χ3v) is 2.12. The van der Waals surface area contributed by atoms with E-state index in [0.717, 1.165) is 0 Å². The van der Waals surface area contributed by atoms with Crippen LogP contribution in [0.25, 0.3) is 0 Å². The summed E-state index contributed by atoms with van der Waals surface area (Å²) in [6.07, 6.45) is 6.18. The first kappa shape index (κ1) is 10.7. The fourth-order valence-electron chi connectivity index (χ4n) is 1.40. The molecule has 0 atom stereocenters. The summed E-state index contributed by atoms with van der Waals surface area (Å²) >= 11 is 0. The minimum absolute atomic E-state index is 0. The molecule has 0 aliphatic carbocycles. The SMILES string of the molecule is C.CCC=C1CCN(C)CC1. The van der Waals surface area contributed by atoms with Crippen molar-refractivity contribution in [1.82, 2.24) is 4.90 Å². The van der Waals surface area contributed by atoms with E-state index in [-0.39, 0.29) is 7.43 Å². The minimum Gasteiger partial charge on any atom is -0.306 e. The van der Waals surface area contributed by atoms with Crippen molar-refractivity contribution in [3.8, 4) is 0 Å². The van der Waals surface area contributed by atoms with Gasteiger partial charge in [0.25, 0.3) is 0 Å². The lowest BCUT2D eigenvalue weighted by Crippen LogP contribution is -2.26. The Labute approximate surface area is 71.1 Å². The van der Waals surface area contributed by atoms with Gasteiger partial charge in [-0.05, 0) is 26.3 Å². The van der Waals surface area contributed by atoms with E-state index in [0.29, 0.717) is 0 Å². The van der Waals surface area contributed by atoms with Crippen LogP contribution in [-0.4, -0.2) is 25.0 Å². The second kappa shape index (κ2) is 5.36. The second-order valence-electron chi connectivity index (χ2n) is 3.07. The number of hydrogen-bond donors (Lipinski definition) is 0. The summed E-state index contributed by atoms with van der Waals surface area (Å²) in [6, 6.07) is 0. The van der Waals surface area contributed by atoms with Gasteiger partial charge >= 0.3 is 0 Å². The van der Waals surface area contributed by atoms with Crippen LogP contribution in [0, 0.1) is 0 Å². The van der Waals surface area contributed by atoms with E-state index in [1.165, 1.54) is 32.4 Å². The van der Waals surface area contributed by atoms with Crippen molar-refractivity contribution in [2.45, 2.75) is 33.6 Å². The Bertz CT molecular complexity index is 117. The molecule has 1 heterocycles. The summed E-state index contributed by atoms with van der Waals surface area (Å²) in [5.74, 6) is 0. The molecule has 0 bridgehead atoms. The lowest BCUT2D eigenvalue weighted by Gasteiger charge is -2.23. The summed E-state index contributed by atoms with van der Waals surface area (Å²) in [6.45, 7) is 4.73. The van der Waals surface area contributed by atoms with Gasteiger partial charge in [0.05, 0.1) is 0 Å². The van der Waals surface area contributed by atoms with Gasteiger partial charge in [0.1, 0.15) is 0 Å². The first-order valence-corrected chi connectivity index (χ1v) is 4.19. The Balaban J connectivity index is 0.000001000. The van der Waals surface area contributed by atoms with Gasteiger partial charge in [-0.25, -0.2) is 0 Å². The van der Waals surface area contributed by atoms with E-state index in [1.54, 1.807) is 5.57 Å². The van der Waals surface area contributed by atoms with Crippen LogP contribution in [-0.2, 0) is 0 Å². The van der Waals surface area contributed by atoms with E-state index < -0.39 is 0 Å². The molecule has 0 spiro atoms. The molecular formula is C10H21N. The molecule has 0 aromatic heterocycles. The molecule has 1 fully saturated rings. The van der Waals surface area contributed by atoms with Crippen molar-refractivity contribution in [3.63, 3.8) is 0 Å². The van der Waals surface area contributed by atoms with Gasteiger partial charge in [-0.2, -0.15) is 0 Å². The van der Waals surface area contributed by atoms with Gasteiger partial charge in [0.15, 0.2) is 0 Å². The minimum atomic E-state index is 0. The van der Waals surface area contributed by atoms with Crippen molar-refractivity contribution >= 4 is 0 Å². The molecule has 1 saturated heterocycles. The summed E-state index contributed by atoms with van der Waals surface area (Å²) in [5.41, 5.74) is 1.67. The highest BCUT2D eigenvalue weighted by Gasteiger charge is 2.07. The fraction of sp³-hybridized carbons (Fsp3) is 0.800. The maximum absolute atomic E-state index is 2.40. The van der Waals surface area contributed by atoms with Crippen LogP contribution in [0.5, 0.6) is 0 Å². The first-order valence-electron chi connectivity index (χ1n) is 4.19. The smallest absolute Gasteiger partial charge is 0.00157 e. The lowest BCUT2D eigenvalue weighted by atomic mass is 10.0. The van der Waals surface area contributed by atoms with Crippen molar-refractivity contribution in [3.05, 3.63) is 11.6 Å². The predicted octanol–water partition coefficient (Wildman–Crippen LogP) is 2.68. The van der Waals surface area contributed by atoms with Crippen LogP contribution in [0.1, 0.15) is 33.6 Å². The Hall–Kier alpha value is -0.300. The molecular weight excluding hydrogens is 134 g/mol. The molecule has 0 amide bonds. The number of hydrogen-bond acceptors (Lipinski definition) is 1. The van der Waals surface area contributed by atoms with E-state index >= 15 is 0 Å². The van der Waals surface area contributed by atoms with Crippen LogP contribution >= 0.6 is 0 Å². The number of allylic oxidation sites excluding steroid dienone is 1. The standard InChI is InChI=1S/C9H17N.CH4/c1-3-4-9-5-7-10(2)8-6-9;/h4H,3,5-8H2,1-2H3;1H4. The van der Waals surface area contributed by atoms with Crippen molar-refractivity contribution in [2.24, 2.45) is 0 Å². The van der Waals surface area contributed by atoms with Gasteiger partial charge < -0.3 is 4.90 Å². The van der Waals surface area contributed by atoms with E-state index in [9.17, 15) is 0 Å². The van der Waals surface area contributed by atoms with Crippen molar-refractivity contribution in [2.75, 3.05) is 20.1 Å². The average Bonchev–Trinajstić information content (AvgIpc) is 1.95. The Morgan fingerprint density at radius 3 is 2.36 bits per heavy atom. The summed E-state index contributed by atoms with van der Waals surface area (Å²) in [4.78, 5) is 2.40. The molecule has 0 aromatic carbocycles. The maximum Gasteiger partial charge on any atom is 0.00157 e. The molecule has 1 heteroatoms. The van der Waals surface area contributed by atoms with Gasteiger partial charge in [-0.15, -0.1) is 0 Å². The Morgan fingerprint density at radius 2 is 1.91 bits per heavy atom. The first-order chi connectivity index (χ1) is 4.83. The lowest BCUT2D eigenvalue weighted by molar-refractivity contribution is 0.312. The molecule has 0 N–H and O–H groups in total. The molecule has 66 valence electrons. The van der Waals surface area contributed by atoms with E-state index in [4.69, 9.17) is 0 Å². The van der Waals surface area contributed by atoms with Crippen molar-refractivity contribution in [1.29, 1.82) is 0 Å². The third-order valence-electron chi connectivity index (χ3n) is 2.12. The molecule has 0 saturated carbocycles. The second-order valence-corrected chi connectivity index (χ2v) is 3.07. The highest BCUT2D eigenvalue weighted by atomic mass is 15.1. The van der Waals surface area contributed by atoms with Gasteiger partial charge in [0, 0.05) is 13.1 Å². The molecule has 1 aliphatic rings. The zero-order chi connectivity index (χ0) is 7.40. The Morgan fingerprint density at radius 1 is 1.36 bits per heavy atom. The number of likely N-dealkylation sites (tertiary alicyclic amines) is 1. The maximum atomic E-state index is 2.40. The zero-order valence-electron chi connectivity index (χ0n) is 7.06. The fourth-order valence-corrected chi connectivity index (χ4v) is 1.40. The van der Waals surface area contributed by atoms with Crippen LogP contribution in [0.4, 0.5) is 0 Å². The average molecular weight is 155 g/mol. The summed E-state index contributed by atoms with van der Waals surface area (Å²) in [5, 5.41) is 0. The molecule has 1 rings (SSSR count). The molecule has 0 unspecified atom stereocenters. The predicted molar refractivity (Wildman–Crippen MR) is 51.8 cm³/mol. The van der Waals surface area contributed by atoms with E-state index in [1.807, 2.05) is 0 Å². The van der Waals surface area contributed by atoms with Crippen LogP contribution in [0.3, 0.4) is 0 Å². The quantitative estimate of drug-likeness (QED) is 0.526. The monoisotopic (exact) mass is 155 g/mol. The molecule has 0 aromatic rings. The highest BCUT2D eigenvalue weighted by Crippen LogP contribution is 2.14. The normalized spacial score (nSPS) is 19.3. The number of nitrogens with zero attached hydrogens (tertiary/aromatic N) is 1. The van der Waals surface area contributed by atoms with Crippen LogP contribution in [0.15, 0.2) is 11.6 Å². The summed E-state index contributed by atoms with van der Waals surface area (Å²) in [7, 11) is 2.20. The third kappa shape index (κ3) is 3.57. The molecule has 0 radical (unpaired) electrons. The van der Waals surface area contributed by atoms with Crippen LogP contribution < -0.4 is 0 Å². The highest BCUT2D eigenvalue weighted by molar-refractivity contribution is 5.04. The summed E-state index contributed by atoms with van der Waals surface area (Å²) < 4.78 is 0. The van der Waals surface area contributed by atoms with Gasteiger partial charge in [-0.3, -0.25) is 0 Å². The molecule has 1 aliphatic heterocycles. The molecule has 1 nitrogen and oxygen atoms in total. The largest absolute Gasteiger partial charge is 0.306 e. The van der Waals surface area contributed by atoms with Crippen molar-refractivity contribution < 1.29 is 0 Å². The number of rotatable bonds is 1. The molecule has 11 heavy (non-hydrogen) atoms. The number of piperidine rings is 1. The van der Waals surface area contributed by atoms with E-state index in [2.05, 4.69) is 24.9 Å².